The van der Waals surface area contributed by atoms with Gasteiger partial charge in [-0.15, -0.1) is 0 Å². The van der Waals surface area contributed by atoms with Gasteiger partial charge in [-0.2, -0.15) is 0 Å². The third-order valence-corrected chi connectivity index (χ3v) is 5.55. The maximum atomic E-state index is 12.7. The molecule has 0 unspecified atom stereocenters. The highest BCUT2D eigenvalue weighted by Gasteiger charge is 2.14. The number of aryl methyl sites for hydroxylation is 1. The maximum absolute atomic E-state index is 12.7. The molecule has 1 heterocycles. The Morgan fingerprint density at radius 2 is 1.80 bits per heavy atom. The third kappa shape index (κ3) is 5.90. The summed E-state index contributed by atoms with van der Waals surface area (Å²) >= 11 is 5.69. The second-order valence-corrected chi connectivity index (χ2v) is 8.15. The molecule has 0 saturated carbocycles. The quantitative estimate of drug-likeness (QED) is 0.544. The van der Waals surface area contributed by atoms with Crippen molar-refractivity contribution in [2.24, 2.45) is 0 Å². The Bertz CT molecular complexity index is 1050. The number of nitrogens with one attached hydrogen (secondary N) is 2. The molecule has 0 aliphatic carbocycles. The van der Waals surface area contributed by atoms with E-state index in [1.165, 1.54) is 11.1 Å². The number of rotatable bonds is 8. The summed E-state index contributed by atoms with van der Waals surface area (Å²) in [6.45, 7) is 4.84. The van der Waals surface area contributed by atoms with Crippen molar-refractivity contribution >= 4 is 28.2 Å². The molecule has 0 bridgehead atoms. The van der Waals surface area contributed by atoms with Crippen molar-refractivity contribution in [2.75, 3.05) is 27.2 Å². The Kier molecular flexibility index (Phi) is 7.60. The van der Waals surface area contributed by atoms with Gasteiger partial charge >= 0.3 is 0 Å². The van der Waals surface area contributed by atoms with E-state index in [2.05, 4.69) is 51.3 Å². The van der Waals surface area contributed by atoms with E-state index in [-0.39, 0.29) is 5.56 Å². The number of thiocarbonyl (C=S) groups is 1. The highest BCUT2D eigenvalue weighted by Crippen LogP contribution is 2.15. The minimum Gasteiger partial charge on any atom is -0.358 e. The third-order valence-electron chi connectivity index (χ3n) is 5.15. The van der Waals surface area contributed by atoms with Gasteiger partial charge < -0.3 is 20.1 Å². The van der Waals surface area contributed by atoms with Crippen LogP contribution in [0.1, 0.15) is 23.6 Å². The zero-order valence-corrected chi connectivity index (χ0v) is 18.8. The average Bonchev–Trinajstić information content (AvgIpc) is 2.75. The molecule has 2 aromatic carbocycles. The van der Waals surface area contributed by atoms with Crippen LogP contribution < -0.4 is 10.9 Å². The van der Waals surface area contributed by atoms with Gasteiger partial charge in [0.1, 0.15) is 0 Å². The van der Waals surface area contributed by atoms with Gasteiger partial charge in [-0.25, -0.2) is 0 Å². The van der Waals surface area contributed by atoms with Crippen LogP contribution in [0.2, 0.25) is 0 Å². The molecule has 1 aromatic heterocycles. The number of likely N-dealkylation sites (N-methyl/N-ethyl adjacent to an activating group) is 1. The van der Waals surface area contributed by atoms with Gasteiger partial charge in [0.05, 0.1) is 6.54 Å². The average molecular weight is 423 g/mol. The minimum atomic E-state index is -0.0625. The van der Waals surface area contributed by atoms with Crippen LogP contribution in [0, 0.1) is 0 Å². The summed E-state index contributed by atoms with van der Waals surface area (Å²) in [6, 6.07) is 18.4. The SMILES string of the molecule is CCc1ccc2[nH]c(=O)c(CN(CCN(C)C)C(=S)NCc3ccccc3)cc2c1. The lowest BCUT2D eigenvalue weighted by Crippen LogP contribution is -2.43. The standard InChI is InChI=1S/C24H30N4OS/c1-4-18-10-11-22-20(14-18)15-21(23(29)26-22)17-28(13-12-27(2)3)24(30)25-16-19-8-6-5-7-9-19/h5-11,14-15H,4,12-13,16-17H2,1-3H3,(H,25,30)(H,26,29). The summed E-state index contributed by atoms with van der Waals surface area (Å²) in [6.07, 6.45) is 0.965. The Labute approximate surface area is 183 Å². The molecule has 0 spiro atoms. The molecule has 30 heavy (non-hydrogen) atoms. The predicted octanol–water partition coefficient (Wildman–Crippen LogP) is 3.53. The van der Waals surface area contributed by atoms with Gasteiger partial charge in [0.15, 0.2) is 5.11 Å². The Hall–Kier alpha value is -2.70. The first-order valence-electron chi connectivity index (χ1n) is 10.3. The van der Waals surface area contributed by atoms with Crippen molar-refractivity contribution < 1.29 is 0 Å². The van der Waals surface area contributed by atoms with E-state index in [4.69, 9.17) is 12.2 Å². The van der Waals surface area contributed by atoms with Crippen LogP contribution in [0.25, 0.3) is 10.9 Å². The van der Waals surface area contributed by atoms with Gasteiger partial charge in [-0.05, 0) is 67.4 Å². The lowest BCUT2D eigenvalue weighted by atomic mass is 10.1. The van der Waals surface area contributed by atoms with E-state index in [9.17, 15) is 4.79 Å². The second kappa shape index (κ2) is 10.4. The molecule has 3 aromatic rings. The highest BCUT2D eigenvalue weighted by atomic mass is 32.1. The van der Waals surface area contributed by atoms with Crippen LogP contribution in [0.3, 0.4) is 0 Å². The van der Waals surface area contributed by atoms with E-state index in [1.807, 2.05) is 44.4 Å². The first-order chi connectivity index (χ1) is 14.5. The number of fused-ring (bicyclic) bond motifs is 1. The number of aromatic amines is 1. The molecule has 5 nitrogen and oxygen atoms in total. The molecule has 0 amide bonds. The highest BCUT2D eigenvalue weighted by molar-refractivity contribution is 7.80. The summed E-state index contributed by atoms with van der Waals surface area (Å²) in [5.41, 5.74) is 3.95. The second-order valence-electron chi connectivity index (χ2n) is 7.77. The first kappa shape index (κ1) is 22.0. The lowest BCUT2D eigenvalue weighted by Gasteiger charge is -2.27. The molecule has 0 saturated heterocycles. The fraction of sp³-hybridized carbons (Fsp3) is 0.333. The Balaban J connectivity index is 1.80. The summed E-state index contributed by atoms with van der Waals surface area (Å²) in [4.78, 5) is 19.9. The largest absolute Gasteiger partial charge is 0.358 e. The van der Waals surface area contributed by atoms with Crippen LogP contribution in [0.5, 0.6) is 0 Å². The van der Waals surface area contributed by atoms with Crippen molar-refractivity contribution in [1.29, 1.82) is 0 Å². The fourth-order valence-corrected chi connectivity index (χ4v) is 3.53. The van der Waals surface area contributed by atoms with Crippen molar-refractivity contribution in [1.82, 2.24) is 20.1 Å². The number of benzene rings is 2. The molecule has 158 valence electrons. The van der Waals surface area contributed by atoms with Gasteiger partial charge in [-0.3, -0.25) is 4.79 Å². The Morgan fingerprint density at radius 1 is 1.03 bits per heavy atom. The van der Waals surface area contributed by atoms with Crippen molar-refractivity contribution in [3.63, 3.8) is 0 Å². The molecule has 0 fully saturated rings. The van der Waals surface area contributed by atoms with E-state index in [1.54, 1.807) is 0 Å². The van der Waals surface area contributed by atoms with Gasteiger partial charge in [0, 0.05) is 30.7 Å². The molecule has 0 radical (unpaired) electrons. The van der Waals surface area contributed by atoms with Gasteiger partial charge in [0.25, 0.3) is 5.56 Å². The summed E-state index contributed by atoms with van der Waals surface area (Å²) < 4.78 is 0. The number of hydrogen-bond acceptors (Lipinski definition) is 3. The normalized spacial score (nSPS) is 11.1. The molecular weight excluding hydrogens is 392 g/mol. The number of nitrogens with zero attached hydrogens (tertiary/aromatic N) is 2. The van der Waals surface area contributed by atoms with Gasteiger partial charge in [-0.1, -0.05) is 43.3 Å². The first-order valence-corrected chi connectivity index (χ1v) is 10.7. The van der Waals surface area contributed by atoms with Gasteiger partial charge in [0.2, 0.25) is 0 Å². The maximum Gasteiger partial charge on any atom is 0.253 e. The van der Waals surface area contributed by atoms with Crippen LogP contribution in [0.15, 0.2) is 59.4 Å². The zero-order chi connectivity index (χ0) is 21.5. The molecule has 0 atom stereocenters. The minimum absolute atomic E-state index is 0.0625. The smallest absolute Gasteiger partial charge is 0.253 e. The summed E-state index contributed by atoms with van der Waals surface area (Å²) in [7, 11) is 4.07. The van der Waals surface area contributed by atoms with Crippen LogP contribution in [-0.4, -0.2) is 47.1 Å². The van der Waals surface area contributed by atoms with E-state index in [0.29, 0.717) is 18.2 Å². The number of aromatic nitrogens is 1. The summed E-state index contributed by atoms with van der Waals surface area (Å²) in [5.74, 6) is 0. The van der Waals surface area contributed by atoms with Crippen LogP contribution in [-0.2, 0) is 19.5 Å². The molecule has 0 aliphatic rings. The Morgan fingerprint density at radius 3 is 2.50 bits per heavy atom. The number of hydrogen-bond donors (Lipinski definition) is 2. The molecule has 0 aliphatic heterocycles. The van der Waals surface area contributed by atoms with E-state index >= 15 is 0 Å². The van der Waals surface area contributed by atoms with E-state index < -0.39 is 0 Å². The monoisotopic (exact) mass is 422 g/mol. The topological polar surface area (TPSA) is 51.4 Å². The molecule has 2 N–H and O–H groups in total. The molecule has 3 rings (SSSR count). The molecular formula is C24H30N4OS. The zero-order valence-electron chi connectivity index (χ0n) is 17.9. The van der Waals surface area contributed by atoms with Crippen molar-refractivity contribution in [3.8, 4) is 0 Å². The summed E-state index contributed by atoms with van der Waals surface area (Å²) in [5, 5.41) is 5.05. The van der Waals surface area contributed by atoms with Crippen molar-refractivity contribution in [2.45, 2.75) is 26.4 Å². The van der Waals surface area contributed by atoms with Crippen LogP contribution in [0.4, 0.5) is 0 Å². The lowest BCUT2D eigenvalue weighted by molar-refractivity contribution is 0.322. The fourth-order valence-electron chi connectivity index (χ4n) is 3.30. The van der Waals surface area contributed by atoms with Crippen molar-refractivity contribution in [3.05, 3.63) is 81.6 Å². The number of H-pyrrole nitrogens is 1. The van der Waals surface area contributed by atoms with E-state index in [0.717, 1.165) is 36.0 Å². The van der Waals surface area contributed by atoms with Crippen LogP contribution >= 0.6 is 12.2 Å². The predicted molar refractivity (Wildman–Crippen MR) is 129 cm³/mol. The molecule has 6 heteroatoms. The number of pyridine rings is 1.